The smallest absolute Gasteiger partial charge is 0.305 e. The molecule has 0 fully saturated rings. The molecule has 1 atom stereocenters. The van der Waals surface area contributed by atoms with Crippen molar-refractivity contribution in [2.75, 3.05) is 4.31 Å². The number of anilines is 1. The van der Waals surface area contributed by atoms with Crippen molar-refractivity contribution in [1.29, 1.82) is 0 Å². The first-order chi connectivity index (χ1) is 14.6. The summed E-state index contributed by atoms with van der Waals surface area (Å²) in [7, 11) is -4.40. The van der Waals surface area contributed by atoms with Crippen LogP contribution in [0.25, 0.3) is 11.1 Å². The van der Waals surface area contributed by atoms with Crippen LogP contribution in [0.4, 0.5) is 14.5 Å². The Bertz CT molecular complexity index is 1330. The normalized spacial score (nSPS) is 15.4. The van der Waals surface area contributed by atoms with Crippen molar-refractivity contribution < 1.29 is 27.1 Å². The van der Waals surface area contributed by atoms with Gasteiger partial charge < -0.3 is 5.11 Å². The summed E-state index contributed by atoms with van der Waals surface area (Å²) in [6.07, 6.45) is -0.717. The molecule has 1 heterocycles. The Kier molecular flexibility index (Phi) is 5.41. The minimum absolute atomic E-state index is 0.0136. The zero-order valence-electron chi connectivity index (χ0n) is 15.5. The van der Waals surface area contributed by atoms with Gasteiger partial charge in [-0.25, -0.2) is 17.2 Å². The van der Waals surface area contributed by atoms with Crippen LogP contribution in [0.3, 0.4) is 0 Å². The van der Waals surface area contributed by atoms with Gasteiger partial charge >= 0.3 is 5.97 Å². The van der Waals surface area contributed by atoms with Crippen LogP contribution in [-0.4, -0.2) is 19.5 Å². The molecule has 3 aromatic carbocycles. The Hall–Kier alpha value is -2.68. The van der Waals surface area contributed by atoms with Gasteiger partial charge in [-0.3, -0.25) is 9.10 Å². The maximum atomic E-state index is 14.8. The van der Waals surface area contributed by atoms with E-state index >= 15 is 0 Å². The number of nitrogens with zero attached hydrogens (tertiary/aromatic N) is 1. The van der Waals surface area contributed by atoms with Crippen molar-refractivity contribution in [3.63, 3.8) is 0 Å². The minimum atomic E-state index is -4.40. The first-order valence-corrected chi connectivity index (χ1v) is 11.1. The number of aliphatic carboxylic acids is 1. The van der Waals surface area contributed by atoms with Crippen LogP contribution < -0.4 is 4.31 Å². The summed E-state index contributed by atoms with van der Waals surface area (Å²) >= 11 is 11.9. The molecule has 160 valence electrons. The first kappa shape index (κ1) is 21.5. The molecule has 0 aliphatic carbocycles. The standard InChI is InChI=1S/C21H13Cl2F2NO4S/c22-15-6-5-12(9-16(15)23)31(29,30)26-18-4-2-1-3-13(18)21-14(19(26)10-20(27)28)7-11(24)8-17(21)25/h1-9,19H,10H2,(H,27,28). The van der Waals surface area contributed by atoms with E-state index in [0.717, 1.165) is 16.4 Å². The molecule has 3 aromatic rings. The van der Waals surface area contributed by atoms with Crippen molar-refractivity contribution in [3.8, 4) is 11.1 Å². The predicted molar refractivity (Wildman–Crippen MR) is 113 cm³/mol. The van der Waals surface area contributed by atoms with Crippen LogP contribution >= 0.6 is 23.2 Å². The van der Waals surface area contributed by atoms with E-state index in [1.165, 1.54) is 24.3 Å². The molecule has 1 aliphatic rings. The summed E-state index contributed by atoms with van der Waals surface area (Å²) in [5, 5.41) is 9.59. The Morgan fingerprint density at radius 1 is 1.03 bits per heavy atom. The molecule has 5 nitrogen and oxygen atoms in total. The Morgan fingerprint density at radius 2 is 1.74 bits per heavy atom. The number of carboxylic acid groups (broad SMARTS) is 1. The third kappa shape index (κ3) is 3.64. The lowest BCUT2D eigenvalue weighted by atomic mass is 9.88. The van der Waals surface area contributed by atoms with Gasteiger partial charge in [0, 0.05) is 17.2 Å². The summed E-state index contributed by atoms with van der Waals surface area (Å²) in [6, 6.07) is 9.95. The van der Waals surface area contributed by atoms with E-state index in [4.69, 9.17) is 23.2 Å². The topological polar surface area (TPSA) is 74.7 Å². The maximum Gasteiger partial charge on any atom is 0.305 e. The van der Waals surface area contributed by atoms with Crippen LogP contribution in [0, 0.1) is 11.6 Å². The van der Waals surface area contributed by atoms with Crippen molar-refractivity contribution in [3.05, 3.63) is 81.8 Å². The van der Waals surface area contributed by atoms with E-state index in [2.05, 4.69) is 0 Å². The van der Waals surface area contributed by atoms with Gasteiger partial charge in [0.25, 0.3) is 10.0 Å². The van der Waals surface area contributed by atoms with E-state index in [1.807, 2.05) is 0 Å². The molecule has 0 radical (unpaired) electrons. The number of carbonyl (C=O) groups is 1. The minimum Gasteiger partial charge on any atom is -0.481 e. The fourth-order valence-electron chi connectivity index (χ4n) is 3.72. The molecular weight excluding hydrogens is 471 g/mol. The lowest BCUT2D eigenvalue weighted by Gasteiger charge is -2.38. The predicted octanol–water partition coefficient (Wildman–Crippen LogP) is 5.66. The van der Waals surface area contributed by atoms with Gasteiger partial charge in [0.15, 0.2) is 0 Å². The zero-order valence-corrected chi connectivity index (χ0v) is 17.8. The van der Waals surface area contributed by atoms with Gasteiger partial charge in [-0.05, 0) is 35.9 Å². The van der Waals surface area contributed by atoms with E-state index < -0.39 is 40.1 Å². The first-order valence-electron chi connectivity index (χ1n) is 8.91. The number of carboxylic acids is 1. The molecule has 0 aromatic heterocycles. The second-order valence-corrected chi connectivity index (χ2v) is 9.49. The molecule has 1 N–H and O–H groups in total. The molecule has 0 saturated heterocycles. The second kappa shape index (κ2) is 7.78. The molecular formula is C21H13Cl2F2NO4S. The highest BCUT2D eigenvalue weighted by atomic mass is 35.5. The molecule has 4 rings (SSSR count). The van der Waals surface area contributed by atoms with E-state index in [9.17, 15) is 27.1 Å². The summed E-state index contributed by atoms with van der Waals surface area (Å²) in [5.41, 5.74) is 0.143. The van der Waals surface area contributed by atoms with E-state index in [-0.39, 0.29) is 37.3 Å². The molecule has 0 amide bonds. The summed E-state index contributed by atoms with van der Waals surface area (Å²) in [5.74, 6) is -3.20. The number of benzene rings is 3. The van der Waals surface area contributed by atoms with Crippen molar-refractivity contribution in [1.82, 2.24) is 0 Å². The fraction of sp³-hybridized carbons (Fsp3) is 0.0952. The SMILES string of the molecule is O=C(O)CC1c2cc(F)cc(F)c2-c2ccccc2N1S(=O)(=O)c1ccc(Cl)c(Cl)c1. The van der Waals surface area contributed by atoms with Gasteiger partial charge in [0.2, 0.25) is 0 Å². The average Bonchev–Trinajstić information content (AvgIpc) is 2.69. The van der Waals surface area contributed by atoms with Gasteiger partial charge in [0.1, 0.15) is 11.6 Å². The van der Waals surface area contributed by atoms with E-state index in [0.29, 0.717) is 6.07 Å². The molecule has 0 bridgehead atoms. The third-order valence-corrected chi connectivity index (χ3v) is 7.51. The average molecular weight is 484 g/mol. The van der Waals surface area contributed by atoms with Crippen LogP contribution in [0.2, 0.25) is 10.0 Å². The van der Waals surface area contributed by atoms with Crippen molar-refractivity contribution in [2.24, 2.45) is 0 Å². The van der Waals surface area contributed by atoms with E-state index in [1.54, 1.807) is 12.1 Å². The second-order valence-electron chi connectivity index (χ2n) is 6.86. The largest absolute Gasteiger partial charge is 0.481 e. The molecule has 1 aliphatic heterocycles. The maximum absolute atomic E-state index is 14.8. The highest BCUT2D eigenvalue weighted by Gasteiger charge is 2.41. The number of sulfonamides is 1. The number of hydrogen-bond acceptors (Lipinski definition) is 3. The lowest BCUT2D eigenvalue weighted by Crippen LogP contribution is -2.39. The van der Waals surface area contributed by atoms with Gasteiger partial charge in [-0.15, -0.1) is 0 Å². The Balaban J connectivity index is 2.04. The highest BCUT2D eigenvalue weighted by Crippen LogP contribution is 2.49. The summed E-state index contributed by atoms with van der Waals surface area (Å²) in [4.78, 5) is 11.4. The number of fused-ring (bicyclic) bond motifs is 3. The molecule has 0 saturated carbocycles. The third-order valence-electron chi connectivity index (χ3n) is 4.95. The van der Waals surface area contributed by atoms with Gasteiger partial charge in [-0.1, -0.05) is 41.4 Å². The van der Waals surface area contributed by atoms with Crippen LogP contribution in [0.5, 0.6) is 0 Å². The quantitative estimate of drug-likeness (QED) is 0.519. The Morgan fingerprint density at radius 3 is 2.42 bits per heavy atom. The summed E-state index contributed by atoms with van der Waals surface area (Å²) < 4.78 is 57.0. The van der Waals surface area contributed by atoms with Crippen LogP contribution in [0.1, 0.15) is 18.0 Å². The van der Waals surface area contributed by atoms with Crippen molar-refractivity contribution >= 4 is 44.9 Å². The van der Waals surface area contributed by atoms with Gasteiger partial charge in [0.05, 0.1) is 33.1 Å². The number of halogens is 4. The van der Waals surface area contributed by atoms with Crippen LogP contribution in [-0.2, 0) is 14.8 Å². The van der Waals surface area contributed by atoms with Crippen LogP contribution in [0.15, 0.2) is 59.5 Å². The Labute approximate surface area is 186 Å². The number of para-hydroxylation sites is 1. The summed E-state index contributed by atoms with van der Waals surface area (Å²) in [6.45, 7) is 0. The number of rotatable bonds is 4. The van der Waals surface area contributed by atoms with Crippen molar-refractivity contribution in [2.45, 2.75) is 17.4 Å². The molecule has 0 spiro atoms. The highest BCUT2D eigenvalue weighted by molar-refractivity contribution is 7.92. The zero-order chi connectivity index (χ0) is 22.5. The fourth-order valence-corrected chi connectivity index (χ4v) is 5.76. The molecule has 31 heavy (non-hydrogen) atoms. The molecule has 10 heteroatoms. The number of hydrogen-bond donors (Lipinski definition) is 1. The lowest BCUT2D eigenvalue weighted by molar-refractivity contribution is -0.137. The van der Waals surface area contributed by atoms with Gasteiger partial charge in [-0.2, -0.15) is 0 Å². The monoisotopic (exact) mass is 483 g/mol. The molecule has 1 unspecified atom stereocenters.